The van der Waals surface area contributed by atoms with Crippen molar-refractivity contribution in [2.45, 2.75) is 32.2 Å². The third-order valence-corrected chi connectivity index (χ3v) is 3.78. The zero-order chi connectivity index (χ0) is 13.0. The highest BCUT2D eigenvalue weighted by Crippen LogP contribution is 2.21. The smallest absolute Gasteiger partial charge is 0.221 e. The molecule has 2 nitrogen and oxygen atoms in total. The van der Waals surface area contributed by atoms with E-state index in [1.54, 1.807) is 0 Å². The first-order valence-corrected chi connectivity index (χ1v) is 7.16. The summed E-state index contributed by atoms with van der Waals surface area (Å²) in [6.45, 7) is 2.02. The summed E-state index contributed by atoms with van der Waals surface area (Å²) in [4.78, 5) is 11.9. The Balaban J connectivity index is 1.88. The summed E-state index contributed by atoms with van der Waals surface area (Å²) >= 11 is 3.45. The van der Waals surface area contributed by atoms with Crippen LogP contribution in [0.15, 0.2) is 40.9 Å². The lowest BCUT2D eigenvalue weighted by Crippen LogP contribution is -2.27. The van der Waals surface area contributed by atoms with Crippen LogP contribution in [0.4, 0.5) is 0 Å². The third kappa shape index (κ3) is 3.70. The van der Waals surface area contributed by atoms with Gasteiger partial charge in [-0.2, -0.15) is 0 Å². The zero-order valence-electron chi connectivity index (χ0n) is 10.5. The molecule has 96 valence electrons. The Hall–Kier alpha value is -1.09. The molecule has 0 spiro atoms. The average Bonchev–Trinajstić information content (AvgIpc) is 2.81. The van der Waals surface area contributed by atoms with Gasteiger partial charge in [0.15, 0.2) is 0 Å². The van der Waals surface area contributed by atoms with Crippen molar-refractivity contribution in [2.75, 3.05) is 0 Å². The van der Waals surface area contributed by atoms with Gasteiger partial charge in [-0.1, -0.05) is 40.2 Å². The molecular weight excluding hydrogens is 290 g/mol. The van der Waals surface area contributed by atoms with Gasteiger partial charge in [0.25, 0.3) is 0 Å². The van der Waals surface area contributed by atoms with E-state index in [-0.39, 0.29) is 11.9 Å². The Kier molecular flexibility index (Phi) is 4.59. The van der Waals surface area contributed by atoms with Crippen LogP contribution in [0.3, 0.4) is 0 Å². The maximum Gasteiger partial charge on any atom is 0.221 e. The van der Waals surface area contributed by atoms with Crippen molar-refractivity contribution in [3.63, 3.8) is 0 Å². The van der Waals surface area contributed by atoms with Gasteiger partial charge in [-0.25, -0.2) is 0 Å². The molecule has 3 heteroatoms. The molecule has 0 radical (unpaired) electrons. The Morgan fingerprint density at radius 1 is 1.56 bits per heavy atom. The second-order valence-corrected chi connectivity index (χ2v) is 5.73. The van der Waals surface area contributed by atoms with E-state index in [0.717, 1.165) is 22.9 Å². The summed E-state index contributed by atoms with van der Waals surface area (Å²) in [6, 6.07) is 8.11. The fraction of sp³-hybridized carbons (Fsp3) is 0.400. The van der Waals surface area contributed by atoms with Crippen molar-refractivity contribution >= 4 is 21.8 Å². The molecule has 1 aliphatic carbocycles. The molecule has 2 rings (SSSR count). The average molecular weight is 308 g/mol. The topological polar surface area (TPSA) is 29.1 Å². The van der Waals surface area contributed by atoms with Gasteiger partial charge in [0.05, 0.1) is 6.04 Å². The third-order valence-electron chi connectivity index (χ3n) is 3.29. The summed E-state index contributed by atoms with van der Waals surface area (Å²) in [7, 11) is 0. The molecule has 2 atom stereocenters. The number of nitrogens with one attached hydrogen (secondary N) is 1. The standard InChI is InChI=1S/C15H18BrNO/c1-11(13-7-4-8-14(16)10-13)17-15(18)9-12-5-2-3-6-12/h2,4-5,7-8,10-12H,3,6,9H2,1H3,(H,17,18)/t11-,12-/m0/s1. The summed E-state index contributed by atoms with van der Waals surface area (Å²) in [5, 5.41) is 3.06. The van der Waals surface area contributed by atoms with Crippen LogP contribution in [0.1, 0.15) is 37.8 Å². The van der Waals surface area contributed by atoms with E-state index in [1.807, 2.05) is 31.2 Å². The fourth-order valence-electron chi connectivity index (χ4n) is 2.26. The Labute approximate surface area is 117 Å². The maximum atomic E-state index is 11.9. The molecule has 0 unspecified atom stereocenters. The SMILES string of the molecule is C[C@H](NC(=O)C[C@H]1C=CCC1)c1cccc(Br)c1. The largest absolute Gasteiger partial charge is 0.350 e. The Morgan fingerprint density at radius 3 is 3.06 bits per heavy atom. The van der Waals surface area contributed by atoms with Gasteiger partial charge in [-0.05, 0) is 43.4 Å². The number of rotatable bonds is 4. The number of carbonyl (C=O) groups is 1. The van der Waals surface area contributed by atoms with Gasteiger partial charge < -0.3 is 5.32 Å². The molecule has 0 saturated carbocycles. The van der Waals surface area contributed by atoms with Crippen LogP contribution in [0.2, 0.25) is 0 Å². The minimum absolute atomic E-state index is 0.0559. The van der Waals surface area contributed by atoms with Crippen molar-refractivity contribution in [1.29, 1.82) is 0 Å². The first-order valence-electron chi connectivity index (χ1n) is 6.36. The molecule has 0 saturated heterocycles. The monoisotopic (exact) mass is 307 g/mol. The molecular formula is C15H18BrNO. The highest BCUT2D eigenvalue weighted by atomic mass is 79.9. The minimum atomic E-state index is 0.0559. The van der Waals surface area contributed by atoms with Gasteiger partial charge in [0.2, 0.25) is 5.91 Å². The quantitative estimate of drug-likeness (QED) is 0.838. The number of amides is 1. The number of hydrogen-bond donors (Lipinski definition) is 1. The highest BCUT2D eigenvalue weighted by molar-refractivity contribution is 9.10. The van der Waals surface area contributed by atoms with E-state index in [1.165, 1.54) is 0 Å². The van der Waals surface area contributed by atoms with Crippen molar-refractivity contribution in [2.24, 2.45) is 5.92 Å². The number of benzene rings is 1. The Bertz CT molecular complexity index is 456. The number of allylic oxidation sites excluding steroid dienone is 2. The number of hydrogen-bond acceptors (Lipinski definition) is 1. The second-order valence-electron chi connectivity index (χ2n) is 4.81. The van der Waals surface area contributed by atoms with Gasteiger partial charge in [0, 0.05) is 10.9 Å². The Morgan fingerprint density at radius 2 is 2.39 bits per heavy atom. The molecule has 1 aromatic carbocycles. The summed E-state index contributed by atoms with van der Waals surface area (Å²) in [6.07, 6.45) is 7.14. The van der Waals surface area contributed by atoms with Crippen LogP contribution in [0, 0.1) is 5.92 Å². The molecule has 18 heavy (non-hydrogen) atoms. The van der Waals surface area contributed by atoms with E-state index < -0.39 is 0 Å². The molecule has 1 N–H and O–H groups in total. The highest BCUT2D eigenvalue weighted by Gasteiger charge is 2.16. The number of halogens is 1. The van der Waals surface area contributed by atoms with Crippen molar-refractivity contribution in [1.82, 2.24) is 5.32 Å². The van der Waals surface area contributed by atoms with E-state index in [2.05, 4.69) is 33.4 Å². The molecule has 0 fully saturated rings. The summed E-state index contributed by atoms with van der Waals surface area (Å²) < 4.78 is 1.04. The van der Waals surface area contributed by atoms with Gasteiger partial charge >= 0.3 is 0 Å². The first-order chi connectivity index (χ1) is 8.65. The molecule has 0 aliphatic heterocycles. The first kappa shape index (κ1) is 13.3. The lowest BCUT2D eigenvalue weighted by molar-refractivity contribution is -0.122. The zero-order valence-corrected chi connectivity index (χ0v) is 12.1. The maximum absolute atomic E-state index is 11.9. The van der Waals surface area contributed by atoms with E-state index in [0.29, 0.717) is 12.3 Å². The van der Waals surface area contributed by atoms with Crippen LogP contribution in [-0.2, 0) is 4.79 Å². The van der Waals surface area contributed by atoms with Crippen LogP contribution in [0.5, 0.6) is 0 Å². The fourth-order valence-corrected chi connectivity index (χ4v) is 2.68. The summed E-state index contributed by atoms with van der Waals surface area (Å²) in [5.74, 6) is 0.568. The van der Waals surface area contributed by atoms with Crippen molar-refractivity contribution in [3.8, 4) is 0 Å². The van der Waals surface area contributed by atoms with Crippen LogP contribution >= 0.6 is 15.9 Å². The van der Waals surface area contributed by atoms with Crippen LogP contribution < -0.4 is 5.32 Å². The van der Waals surface area contributed by atoms with E-state index in [9.17, 15) is 4.79 Å². The van der Waals surface area contributed by atoms with Gasteiger partial charge in [-0.3, -0.25) is 4.79 Å². The van der Waals surface area contributed by atoms with Gasteiger partial charge in [-0.15, -0.1) is 0 Å². The van der Waals surface area contributed by atoms with Crippen LogP contribution in [0.25, 0.3) is 0 Å². The lowest BCUT2D eigenvalue weighted by Gasteiger charge is -2.16. The summed E-state index contributed by atoms with van der Waals surface area (Å²) in [5.41, 5.74) is 1.12. The van der Waals surface area contributed by atoms with E-state index in [4.69, 9.17) is 0 Å². The van der Waals surface area contributed by atoms with Gasteiger partial charge in [0.1, 0.15) is 0 Å². The second kappa shape index (κ2) is 6.19. The van der Waals surface area contributed by atoms with Crippen LogP contribution in [-0.4, -0.2) is 5.91 Å². The van der Waals surface area contributed by atoms with E-state index >= 15 is 0 Å². The minimum Gasteiger partial charge on any atom is -0.350 e. The molecule has 0 heterocycles. The predicted octanol–water partition coefficient (Wildman–Crippen LogP) is 3.98. The normalized spacial score (nSPS) is 19.8. The molecule has 1 amide bonds. The molecule has 1 aliphatic rings. The predicted molar refractivity (Wildman–Crippen MR) is 77.2 cm³/mol. The molecule has 0 aromatic heterocycles. The molecule has 1 aromatic rings. The van der Waals surface area contributed by atoms with Crippen molar-refractivity contribution < 1.29 is 4.79 Å². The lowest BCUT2D eigenvalue weighted by atomic mass is 10.0. The molecule has 0 bridgehead atoms. The van der Waals surface area contributed by atoms with Crippen molar-refractivity contribution in [3.05, 3.63) is 46.5 Å². The number of carbonyl (C=O) groups excluding carboxylic acids is 1.